The number of hydrogen-bond acceptors (Lipinski definition) is 4. The zero-order valence-electron chi connectivity index (χ0n) is 5.46. The highest BCUT2D eigenvalue weighted by Crippen LogP contribution is 1.30. The van der Waals surface area contributed by atoms with Crippen LogP contribution in [0.3, 0.4) is 0 Å². The Morgan fingerprint density at radius 3 is 1.00 bits per heavy atom. The fraction of sp³-hybridized carbons (Fsp3) is 1.00. The molecule has 0 spiro atoms. The summed E-state index contributed by atoms with van der Waals surface area (Å²) in [5.41, 5.74) is 0. The van der Waals surface area contributed by atoms with Gasteiger partial charge in [0.05, 0.1) is 0 Å². The second-order valence-corrected chi connectivity index (χ2v) is 0.632. The Morgan fingerprint density at radius 1 is 1.00 bits per heavy atom. The second-order valence-electron chi connectivity index (χ2n) is 0.632. The van der Waals surface area contributed by atoms with Crippen LogP contribution in [0.5, 0.6) is 0 Å². The lowest BCUT2D eigenvalue weighted by molar-refractivity contribution is 0.318. The first-order valence-corrected chi connectivity index (χ1v) is 2.38. The van der Waals surface area contributed by atoms with Crippen molar-refractivity contribution < 1.29 is 10.2 Å². The summed E-state index contributed by atoms with van der Waals surface area (Å²) >= 11 is 0. The molecule has 0 aliphatic carbocycles. The third kappa shape index (κ3) is 5340. The first kappa shape index (κ1) is 15.7. The highest BCUT2D eigenvalue weighted by molar-refractivity contribution is 3.84. The lowest BCUT2D eigenvalue weighted by Gasteiger charge is -1.52. The van der Waals surface area contributed by atoms with Gasteiger partial charge in [-0.1, -0.05) is 0 Å². The minimum absolute atomic E-state index is 0.250. The summed E-state index contributed by atoms with van der Waals surface area (Å²) in [7, 11) is 0. The molecule has 6 N–H and O–H groups in total. The average molecular weight is 124 g/mol. The van der Waals surface area contributed by atoms with Crippen LogP contribution in [-0.2, 0) is 0 Å². The van der Waals surface area contributed by atoms with Gasteiger partial charge in [0.2, 0.25) is 0 Å². The molecule has 0 aromatic rings. The summed E-state index contributed by atoms with van der Waals surface area (Å²) in [4.78, 5) is 0. The average Bonchev–Trinajstić information content (AvgIpc) is 1.75. The van der Waals surface area contributed by atoms with E-state index in [0.717, 1.165) is 0 Å². The van der Waals surface area contributed by atoms with Crippen molar-refractivity contribution in [2.75, 3.05) is 13.2 Å². The number of hydrazine groups is 1. The summed E-state index contributed by atoms with van der Waals surface area (Å²) in [5.74, 6) is 8.00. The number of nitrogens with two attached hydrogens (primary N) is 2. The Hall–Kier alpha value is -0.160. The van der Waals surface area contributed by atoms with Gasteiger partial charge in [0.1, 0.15) is 0 Å². The molecule has 8 heavy (non-hydrogen) atoms. The van der Waals surface area contributed by atoms with Gasteiger partial charge in [0.15, 0.2) is 0 Å². The fourth-order valence-electron chi connectivity index (χ4n) is 0. The van der Waals surface area contributed by atoms with Gasteiger partial charge in [0.25, 0.3) is 0 Å². The maximum atomic E-state index is 7.57. The first-order valence-electron chi connectivity index (χ1n) is 2.38. The Labute approximate surface area is 50.1 Å². The van der Waals surface area contributed by atoms with E-state index in [9.17, 15) is 0 Å². The molecule has 0 rings (SSSR count). The number of hydrogen-bond donors (Lipinski definition) is 4. The van der Waals surface area contributed by atoms with Gasteiger partial charge in [-0.3, -0.25) is 11.7 Å². The molecule has 4 nitrogen and oxygen atoms in total. The highest BCUT2D eigenvalue weighted by Gasteiger charge is 1.34. The Morgan fingerprint density at radius 2 is 1.00 bits per heavy atom. The zero-order chi connectivity index (χ0) is 7.41. The lowest BCUT2D eigenvalue weighted by Crippen LogP contribution is -2.02. The van der Waals surface area contributed by atoms with E-state index in [0.29, 0.717) is 0 Å². The number of rotatable bonds is 0. The molecule has 0 aliphatic rings. The van der Waals surface area contributed by atoms with Crippen molar-refractivity contribution in [2.45, 2.75) is 13.8 Å². The van der Waals surface area contributed by atoms with Crippen molar-refractivity contribution in [1.82, 2.24) is 0 Å². The summed E-state index contributed by atoms with van der Waals surface area (Å²) < 4.78 is 0. The minimum atomic E-state index is 0.250. The number of aliphatic hydroxyl groups excluding tert-OH is 2. The zero-order valence-corrected chi connectivity index (χ0v) is 5.46. The Balaban J connectivity index is -0.0000000483. The smallest absolute Gasteiger partial charge is 0.0402 e. The maximum absolute atomic E-state index is 7.57. The predicted molar refractivity (Wildman–Crippen MR) is 33.9 cm³/mol. The predicted octanol–water partition coefficient (Wildman–Crippen LogP) is -1.18. The van der Waals surface area contributed by atoms with Crippen LogP contribution in [0.2, 0.25) is 0 Å². The summed E-state index contributed by atoms with van der Waals surface area (Å²) in [6, 6.07) is 0. The van der Waals surface area contributed by atoms with Crippen molar-refractivity contribution in [1.29, 1.82) is 0 Å². The van der Waals surface area contributed by atoms with Crippen LogP contribution in [-0.4, -0.2) is 23.4 Å². The third-order valence-electron chi connectivity index (χ3n) is 0. The van der Waals surface area contributed by atoms with E-state index < -0.39 is 0 Å². The van der Waals surface area contributed by atoms with E-state index in [-0.39, 0.29) is 13.2 Å². The third-order valence-corrected chi connectivity index (χ3v) is 0. The van der Waals surface area contributed by atoms with Gasteiger partial charge in [-0.2, -0.15) is 0 Å². The van der Waals surface area contributed by atoms with Crippen LogP contribution in [0, 0.1) is 0 Å². The number of aliphatic hydroxyl groups is 2. The molecule has 0 saturated heterocycles. The van der Waals surface area contributed by atoms with Crippen LogP contribution in [0.1, 0.15) is 13.8 Å². The highest BCUT2D eigenvalue weighted by atomic mass is 16.3. The van der Waals surface area contributed by atoms with E-state index in [4.69, 9.17) is 10.2 Å². The van der Waals surface area contributed by atoms with E-state index >= 15 is 0 Å². The largest absolute Gasteiger partial charge is 0.397 e. The summed E-state index contributed by atoms with van der Waals surface area (Å²) in [5, 5.41) is 15.1. The molecule has 0 amide bonds. The Bertz CT molecular complexity index is 14.0. The topological polar surface area (TPSA) is 92.5 Å². The maximum Gasteiger partial charge on any atom is 0.0402 e. The van der Waals surface area contributed by atoms with E-state index in [2.05, 4.69) is 11.7 Å². The first-order chi connectivity index (χ1) is 3.83. The molecule has 0 atom stereocenters. The molecule has 0 aromatic heterocycles. The van der Waals surface area contributed by atoms with Gasteiger partial charge in [0, 0.05) is 13.2 Å². The molecular weight excluding hydrogens is 108 g/mol. The van der Waals surface area contributed by atoms with Gasteiger partial charge < -0.3 is 10.2 Å². The van der Waals surface area contributed by atoms with Crippen molar-refractivity contribution in [3.05, 3.63) is 0 Å². The minimum Gasteiger partial charge on any atom is -0.397 e. The van der Waals surface area contributed by atoms with Gasteiger partial charge in [-0.05, 0) is 13.8 Å². The molecule has 0 heterocycles. The van der Waals surface area contributed by atoms with Gasteiger partial charge in [-0.15, -0.1) is 0 Å². The second kappa shape index (κ2) is 68.9. The van der Waals surface area contributed by atoms with Gasteiger partial charge in [-0.25, -0.2) is 0 Å². The summed E-state index contributed by atoms with van der Waals surface area (Å²) in [6.07, 6.45) is 0. The SMILES string of the molecule is CCO.CCO.NN. The molecule has 0 radical (unpaired) electrons. The van der Waals surface area contributed by atoms with E-state index in [1.54, 1.807) is 13.8 Å². The Kier molecular flexibility index (Phi) is 135. The monoisotopic (exact) mass is 124 g/mol. The van der Waals surface area contributed by atoms with Gasteiger partial charge >= 0.3 is 0 Å². The van der Waals surface area contributed by atoms with Crippen molar-refractivity contribution in [3.63, 3.8) is 0 Å². The molecule has 0 saturated carbocycles. The van der Waals surface area contributed by atoms with Crippen LogP contribution < -0.4 is 11.7 Å². The van der Waals surface area contributed by atoms with Crippen LogP contribution in [0.15, 0.2) is 0 Å². The van der Waals surface area contributed by atoms with Crippen molar-refractivity contribution in [3.8, 4) is 0 Å². The normalized spacial score (nSPS) is 5.25. The molecule has 4 heteroatoms. The molecule has 0 aliphatic heterocycles. The molecule has 54 valence electrons. The lowest BCUT2D eigenvalue weighted by atomic mass is 10.9. The molecule has 0 bridgehead atoms. The van der Waals surface area contributed by atoms with Crippen LogP contribution >= 0.6 is 0 Å². The molecule has 0 aromatic carbocycles. The quantitative estimate of drug-likeness (QED) is 0.241. The van der Waals surface area contributed by atoms with Crippen molar-refractivity contribution >= 4 is 0 Å². The summed E-state index contributed by atoms with van der Waals surface area (Å²) in [6.45, 7) is 3.86. The molecule has 0 unspecified atom stereocenters. The van der Waals surface area contributed by atoms with Crippen LogP contribution in [0.4, 0.5) is 0 Å². The van der Waals surface area contributed by atoms with Crippen molar-refractivity contribution in [2.24, 2.45) is 11.7 Å². The molecular formula is C4H16N2O2. The van der Waals surface area contributed by atoms with Crippen LogP contribution in [0.25, 0.3) is 0 Å². The van der Waals surface area contributed by atoms with E-state index in [1.807, 2.05) is 0 Å². The van der Waals surface area contributed by atoms with E-state index in [1.165, 1.54) is 0 Å². The standard InChI is InChI=1S/2C2H6O.H4N2/c2*1-2-3;1-2/h2*3H,2H2,1H3;1-2H2. The fourth-order valence-corrected chi connectivity index (χ4v) is 0. The molecule has 0 fully saturated rings.